The van der Waals surface area contributed by atoms with Crippen LogP contribution in [-0.2, 0) is 14.6 Å². The molecule has 0 aromatic rings. The quantitative estimate of drug-likeness (QED) is 0.677. The molecule has 5 heteroatoms. The van der Waals surface area contributed by atoms with Gasteiger partial charge in [0.15, 0.2) is 9.84 Å². The van der Waals surface area contributed by atoms with E-state index in [0.717, 1.165) is 6.26 Å². The summed E-state index contributed by atoms with van der Waals surface area (Å²) < 4.78 is 27.0. The molecule has 0 aliphatic heterocycles. The van der Waals surface area contributed by atoms with Gasteiger partial charge in [0.2, 0.25) is 0 Å². The lowest BCUT2D eigenvalue weighted by Gasteiger charge is -2.20. The number of nitrogens with two attached hydrogens (primary N) is 1. The Balaban J connectivity index is 4.66. The first-order valence-electron chi connectivity index (χ1n) is 3.46. The van der Waals surface area contributed by atoms with Gasteiger partial charge in [-0.15, -0.1) is 0 Å². The van der Waals surface area contributed by atoms with Gasteiger partial charge in [-0.25, -0.2) is 8.42 Å². The summed E-state index contributed by atoms with van der Waals surface area (Å²) in [5.74, 6) is 0. The summed E-state index contributed by atoms with van der Waals surface area (Å²) >= 11 is 0. The Kier molecular flexibility index (Phi) is 3.73. The number of hydrogen-bond donors (Lipinski definition) is 1. The Morgan fingerprint density at radius 1 is 1.58 bits per heavy atom. The van der Waals surface area contributed by atoms with E-state index in [4.69, 9.17) is 10.5 Å². The minimum atomic E-state index is -3.12. The Hall–Kier alpha value is -0.550. The molecule has 0 aromatic heterocycles. The van der Waals surface area contributed by atoms with E-state index in [-0.39, 0.29) is 5.70 Å². The topological polar surface area (TPSA) is 69.4 Å². The molecule has 72 valence electrons. The Morgan fingerprint density at radius 2 is 2.00 bits per heavy atom. The van der Waals surface area contributed by atoms with E-state index in [2.05, 4.69) is 6.58 Å². The summed E-state index contributed by atoms with van der Waals surface area (Å²) in [6.45, 7) is 4.99. The van der Waals surface area contributed by atoms with E-state index < -0.39 is 21.2 Å². The highest BCUT2D eigenvalue weighted by molar-refractivity contribution is 7.91. The van der Waals surface area contributed by atoms with Gasteiger partial charge in [0.05, 0.1) is 5.25 Å². The standard InChI is InChI=1S/C7H15NO3S/c1-5(8)7(11-3)6(2)12(4,9)10/h6-7H,1,8H2,2-4H3/t6-,7+/m0/s1. The van der Waals surface area contributed by atoms with Crippen LogP contribution in [0.1, 0.15) is 6.92 Å². The average molecular weight is 193 g/mol. The van der Waals surface area contributed by atoms with Gasteiger partial charge in [-0.3, -0.25) is 0 Å². The smallest absolute Gasteiger partial charge is 0.152 e. The summed E-state index contributed by atoms with van der Waals surface area (Å²) in [6, 6.07) is 0. The zero-order valence-corrected chi connectivity index (χ0v) is 8.39. The van der Waals surface area contributed by atoms with Gasteiger partial charge in [-0.05, 0) is 6.92 Å². The maximum absolute atomic E-state index is 11.1. The van der Waals surface area contributed by atoms with E-state index in [9.17, 15) is 8.42 Å². The van der Waals surface area contributed by atoms with Gasteiger partial charge in [-0.2, -0.15) is 0 Å². The van der Waals surface area contributed by atoms with Gasteiger partial charge >= 0.3 is 0 Å². The second-order valence-electron chi connectivity index (χ2n) is 2.77. The molecule has 0 aliphatic rings. The molecule has 0 fully saturated rings. The fourth-order valence-corrected chi connectivity index (χ4v) is 1.60. The molecule has 2 N–H and O–H groups in total. The highest BCUT2D eigenvalue weighted by Crippen LogP contribution is 2.11. The van der Waals surface area contributed by atoms with Crippen molar-refractivity contribution in [1.29, 1.82) is 0 Å². The third-order valence-corrected chi connectivity index (χ3v) is 3.32. The van der Waals surface area contributed by atoms with Crippen LogP contribution in [0.2, 0.25) is 0 Å². The molecule has 0 bridgehead atoms. The first-order valence-corrected chi connectivity index (χ1v) is 5.42. The molecule has 0 aromatic carbocycles. The molecular weight excluding hydrogens is 178 g/mol. The highest BCUT2D eigenvalue weighted by atomic mass is 32.2. The second-order valence-corrected chi connectivity index (χ2v) is 5.17. The summed E-state index contributed by atoms with van der Waals surface area (Å²) in [7, 11) is -1.72. The monoisotopic (exact) mass is 193 g/mol. The van der Waals surface area contributed by atoms with E-state index in [1.54, 1.807) is 6.92 Å². The molecule has 0 amide bonds. The normalized spacial score (nSPS) is 16.9. The molecule has 4 nitrogen and oxygen atoms in total. The molecule has 0 rings (SSSR count). The van der Waals surface area contributed by atoms with Crippen LogP contribution in [0, 0.1) is 0 Å². The molecule has 0 aliphatic carbocycles. The minimum Gasteiger partial charge on any atom is -0.400 e. The Bertz CT molecular complexity index is 258. The molecule has 0 radical (unpaired) electrons. The fraction of sp³-hybridized carbons (Fsp3) is 0.714. The van der Waals surface area contributed by atoms with Gasteiger partial charge in [0.1, 0.15) is 6.10 Å². The zero-order valence-electron chi connectivity index (χ0n) is 7.57. The maximum atomic E-state index is 11.1. The van der Waals surface area contributed by atoms with Crippen LogP contribution >= 0.6 is 0 Å². The number of rotatable bonds is 4. The van der Waals surface area contributed by atoms with Crippen molar-refractivity contribution >= 4 is 9.84 Å². The third-order valence-electron chi connectivity index (χ3n) is 1.72. The average Bonchev–Trinajstić information content (AvgIpc) is 1.86. The van der Waals surface area contributed by atoms with Crippen molar-refractivity contribution in [2.24, 2.45) is 5.73 Å². The summed E-state index contributed by atoms with van der Waals surface area (Å²) in [5.41, 5.74) is 5.59. The van der Waals surface area contributed by atoms with Crippen LogP contribution in [-0.4, -0.2) is 33.1 Å². The van der Waals surface area contributed by atoms with Gasteiger partial charge in [0, 0.05) is 19.1 Å². The van der Waals surface area contributed by atoms with E-state index in [1.807, 2.05) is 0 Å². The molecule has 0 spiro atoms. The first kappa shape index (κ1) is 11.4. The predicted octanol–water partition coefficient (Wildman–Crippen LogP) is -0.0931. The lowest BCUT2D eigenvalue weighted by atomic mass is 10.2. The van der Waals surface area contributed by atoms with Crippen LogP contribution in [0.15, 0.2) is 12.3 Å². The molecule has 0 unspecified atom stereocenters. The lowest BCUT2D eigenvalue weighted by molar-refractivity contribution is 0.130. The lowest BCUT2D eigenvalue weighted by Crippen LogP contribution is -2.36. The van der Waals surface area contributed by atoms with E-state index >= 15 is 0 Å². The molecule has 2 atom stereocenters. The molecule has 0 heterocycles. The van der Waals surface area contributed by atoms with Crippen molar-refractivity contribution in [3.63, 3.8) is 0 Å². The van der Waals surface area contributed by atoms with Crippen LogP contribution < -0.4 is 5.73 Å². The van der Waals surface area contributed by atoms with E-state index in [0.29, 0.717) is 0 Å². The molecule has 0 saturated heterocycles. The van der Waals surface area contributed by atoms with Crippen molar-refractivity contribution in [2.75, 3.05) is 13.4 Å². The van der Waals surface area contributed by atoms with Crippen LogP contribution in [0.3, 0.4) is 0 Å². The van der Waals surface area contributed by atoms with Gasteiger partial charge in [0.25, 0.3) is 0 Å². The Labute approximate surface area is 73.3 Å². The summed E-state index contributed by atoms with van der Waals surface area (Å²) in [5, 5.41) is -0.653. The number of hydrogen-bond acceptors (Lipinski definition) is 4. The number of sulfone groups is 1. The van der Waals surface area contributed by atoms with Crippen LogP contribution in [0.4, 0.5) is 0 Å². The number of methoxy groups -OCH3 is 1. The molecule has 12 heavy (non-hydrogen) atoms. The van der Waals surface area contributed by atoms with Crippen molar-refractivity contribution in [2.45, 2.75) is 18.3 Å². The number of ether oxygens (including phenoxy) is 1. The summed E-state index contributed by atoms with van der Waals surface area (Å²) in [6.07, 6.45) is 0.520. The Morgan fingerprint density at radius 3 is 2.08 bits per heavy atom. The molecule has 0 saturated carbocycles. The maximum Gasteiger partial charge on any atom is 0.152 e. The second kappa shape index (κ2) is 3.91. The van der Waals surface area contributed by atoms with Crippen molar-refractivity contribution in [3.8, 4) is 0 Å². The first-order chi connectivity index (χ1) is 5.30. The highest BCUT2D eigenvalue weighted by Gasteiger charge is 2.26. The predicted molar refractivity (Wildman–Crippen MR) is 48.4 cm³/mol. The van der Waals surface area contributed by atoms with Gasteiger partial charge in [-0.1, -0.05) is 6.58 Å². The summed E-state index contributed by atoms with van der Waals surface area (Å²) in [4.78, 5) is 0. The fourth-order valence-electron chi connectivity index (χ4n) is 0.869. The SMILES string of the molecule is C=C(N)[C@@H](OC)[C@H](C)S(C)(=O)=O. The van der Waals surface area contributed by atoms with Gasteiger partial charge < -0.3 is 10.5 Å². The van der Waals surface area contributed by atoms with Crippen molar-refractivity contribution < 1.29 is 13.2 Å². The van der Waals surface area contributed by atoms with E-state index in [1.165, 1.54) is 7.11 Å². The minimum absolute atomic E-state index is 0.232. The largest absolute Gasteiger partial charge is 0.400 e. The van der Waals surface area contributed by atoms with Crippen LogP contribution in [0.25, 0.3) is 0 Å². The van der Waals surface area contributed by atoms with Crippen molar-refractivity contribution in [1.82, 2.24) is 0 Å². The zero-order chi connectivity index (χ0) is 9.94. The molecular formula is C7H15NO3S. The van der Waals surface area contributed by atoms with Crippen molar-refractivity contribution in [3.05, 3.63) is 12.3 Å². The third kappa shape index (κ3) is 2.83. The van der Waals surface area contributed by atoms with Crippen LogP contribution in [0.5, 0.6) is 0 Å².